The van der Waals surface area contributed by atoms with Gasteiger partial charge in [0.2, 0.25) is 0 Å². The number of alkyl halides is 3. The van der Waals surface area contributed by atoms with E-state index in [0.29, 0.717) is 30.8 Å². The smallest absolute Gasteiger partial charge is 0.385 e. The molecule has 1 fully saturated rings. The molecule has 0 bridgehead atoms. The second kappa shape index (κ2) is 11.2. The summed E-state index contributed by atoms with van der Waals surface area (Å²) >= 11 is 0. The van der Waals surface area contributed by atoms with Crippen molar-refractivity contribution in [1.82, 2.24) is 5.32 Å². The molecule has 1 aliphatic rings. The van der Waals surface area contributed by atoms with Crippen molar-refractivity contribution in [2.24, 2.45) is 0 Å². The van der Waals surface area contributed by atoms with Gasteiger partial charge in [0.25, 0.3) is 11.8 Å². The van der Waals surface area contributed by atoms with Gasteiger partial charge in [-0.3, -0.25) is 9.59 Å². The molecular weight excluding hydrogens is 435 g/mol. The van der Waals surface area contributed by atoms with E-state index in [0.717, 1.165) is 62.3 Å². The van der Waals surface area contributed by atoms with E-state index in [1.807, 2.05) is 0 Å². The maximum absolute atomic E-state index is 12.9. The van der Waals surface area contributed by atoms with E-state index in [1.165, 1.54) is 0 Å². The third-order valence-corrected chi connectivity index (χ3v) is 5.48. The fraction of sp³-hybridized carbons (Fsp3) is 0.417. The van der Waals surface area contributed by atoms with Crippen LogP contribution in [0.5, 0.6) is 0 Å². The van der Waals surface area contributed by atoms with Crippen LogP contribution in [-0.4, -0.2) is 45.2 Å². The zero-order valence-electron chi connectivity index (χ0n) is 18.5. The van der Waals surface area contributed by atoms with E-state index in [1.54, 1.807) is 25.3 Å². The summed E-state index contributed by atoms with van der Waals surface area (Å²) in [4.78, 5) is 27.6. The first-order valence-corrected chi connectivity index (χ1v) is 10.9. The fourth-order valence-electron chi connectivity index (χ4n) is 3.73. The summed E-state index contributed by atoms with van der Waals surface area (Å²) in [6, 6.07) is 9.11. The summed E-state index contributed by atoms with van der Waals surface area (Å²) in [6.07, 6.45) is -0.560. The molecular formula is C24H28F3N3O3. The van der Waals surface area contributed by atoms with E-state index < -0.39 is 17.6 Å². The first-order chi connectivity index (χ1) is 15.8. The Balaban J connectivity index is 1.78. The van der Waals surface area contributed by atoms with Gasteiger partial charge in [-0.25, -0.2) is 0 Å². The molecule has 2 N–H and O–H groups in total. The third-order valence-electron chi connectivity index (χ3n) is 5.48. The SMILES string of the molecule is COCCCNC(=O)c1cc(NC(=O)c2ccc(C(F)(F)F)cc2)ccc1N1CCCCC1. The number of rotatable bonds is 8. The topological polar surface area (TPSA) is 70.7 Å². The van der Waals surface area contributed by atoms with Gasteiger partial charge in [0.1, 0.15) is 0 Å². The highest BCUT2D eigenvalue weighted by molar-refractivity contribution is 6.06. The molecule has 0 atom stereocenters. The number of halogens is 3. The highest BCUT2D eigenvalue weighted by Gasteiger charge is 2.30. The van der Waals surface area contributed by atoms with E-state index in [-0.39, 0.29) is 11.5 Å². The van der Waals surface area contributed by atoms with Crippen molar-refractivity contribution in [3.63, 3.8) is 0 Å². The van der Waals surface area contributed by atoms with Crippen molar-refractivity contribution in [1.29, 1.82) is 0 Å². The Morgan fingerprint density at radius 1 is 1.00 bits per heavy atom. The molecule has 0 spiro atoms. The predicted molar refractivity (Wildman–Crippen MR) is 121 cm³/mol. The van der Waals surface area contributed by atoms with Crippen LogP contribution in [0, 0.1) is 0 Å². The van der Waals surface area contributed by atoms with Crippen LogP contribution >= 0.6 is 0 Å². The Bertz CT molecular complexity index is 956. The molecule has 1 aliphatic heterocycles. The van der Waals surface area contributed by atoms with Crippen molar-refractivity contribution in [3.8, 4) is 0 Å². The van der Waals surface area contributed by atoms with Crippen LogP contribution in [0.25, 0.3) is 0 Å². The molecule has 0 aromatic heterocycles. The van der Waals surface area contributed by atoms with Crippen LogP contribution in [0.2, 0.25) is 0 Å². The quantitative estimate of drug-likeness (QED) is 0.556. The lowest BCUT2D eigenvalue weighted by molar-refractivity contribution is -0.137. The Labute approximate surface area is 191 Å². The van der Waals surface area contributed by atoms with Crippen LogP contribution < -0.4 is 15.5 Å². The standard InChI is InChI=1S/C24H28F3N3O3/c1-33-15-5-12-28-23(32)20-16-19(10-11-21(20)30-13-3-2-4-14-30)29-22(31)17-6-8-18(9-7-17)24(25,26)27/h6-11,16H,2-5,12-15H2,1H3,(H,28,32)(H,29,31). The molecule has 0 unspecified atom stereocenters. The molecule has 0 aliphatic carbocycles. The van der Waals surface area contributed by atoms with Crippen molar-refractivity contribution < 1.29 is 27.5 Å². The molecule has 33 heavy (non-hydrogen) atoms. The summed E-state index contributed by atoms with van der Waals surface area (Å²) < 4.78 is 43.3. The monoisotopic (exact) mass is 463 g/mol. The Morgan fingerprint density at radius 3 is 2.33 bits per heavy atom. The minimum atomic E-state index is -4.47. The second-order valence-electron chi connectivity index (χ2n) is 7.91. The van der Waals surface area contributed by atoms with Crippen LogP contribution in [0.1, 0.15) is 52.0 Å². The normalized spacial score (nSPS) is 14.1. The number of carbonyl (C=O) groups excluding carboxylic acids is 2. The van der Waals surface area contributed by atoms with Crippen molar-refractivity contribution in [2.75, 3.05) is 43.6 Å². The molecule has 6 nitrogen and oxygen atoms in total. The van der Waals surface area contributed by atoms with Crippen LogP contribution in [-0.2, 0) is 10.9 Å². The molecule has 0 saturated carbocycles. The maximum Gasteiger partial charge on any atom is 0.416 e. The molecule has 178 valence electrons. The van der Waals surface area contributed by atoms with Gasteiger partial charge in [-0.2, -0.15) is 13.2 Å². The highest BCUT2D eigenvalue weighted by atomic mass is 19.4. The number of hydrogen-bond acceptors (Lipinski definition) is 4. The number of ether oxygens (including phenoxy) is 1. The first kappa shape index (κ1) is 24.6. The van der Waals surface area contributed by atoms with Crippen molar-refractivity contribution in [2.45, 2.75) is 31.9 Å². The Kier molecular flexibility index (Phi) is 8.32. The van der Waals surface area contributed by atoms with Gasteiger partial charge >= 0.3 is 6.18 Å². The van der Waals surface area contributed by atoms with Gasteiger partial charge in [-0.1, -0.05) is 0 Å². The zero-order chi connectivity index (χ0) is 23.8. The van der Waals surface area contributed by atoms with Gasteiger partial charge in [-0.05, 0) is 68.1 Å². The molecule has 2 aromatic rings. The van der Waals surface area contributed by atoms with E-state index in [2.05, 4.69) is 15.5 Å². The average Bonchev–Trinajstić information content (AvgIpc) is 2.81. The van der Waals surface area contributed by atoms with Gasteiger partial charge in [0.05, 0.1) is 11.1 Å². The number of benzene rings is 2. The van der Waals surface area contributed by atoms with Crippen molar-refractivity contribution >= 4 is 23.2 Å². The van der Waals surface area contributed by atoms with Crippen LogP contribution in [0.3, 0.4) is 0 Å². The fourth-order valence-corrected chi connectivity index (χ4v) is 3.73. The number of anilines is 2. The molecule has 2 aromatic carbocycles. The second-order valence-corrected chi connectivity index (χ2v) is 7.91. The lowest BCUT2D eigenvalue weighted by Gasteiger charge is -2.30. The predicted octanol–water partition coefficient (Wildman–Crippen LogP) is 4.71. The summed E-state index contributed by atoms with van der Waals surface area (Å²) in [5.74, 6) is -0.807. The number of hydrogen-bond donors (Lipinski definition) is 2. The number of nitrogens with zero attached hydrogens (tertiary/aromatic N) is 1. The van der Waals surface area contributed by atoms with Crippen LogP contribution in [0.4, 0.5) is 24.5 Å². The largest absolute Gasteiger partial charge is 0.416 e. The Morgan fingerprint density at radius 2 is 1.70 bits per heavy atom. The lowest BCUT2D eigenvalue weighted by Crippen LogP contribution is -2.33. The number of amides is 2. The van der Waals surface area contributed by atoms with E-state index >= 15 is 0 Å². The van der Waals surface area contributed by atoms with Gasteiger partial charge in [-0.15, -0.1) is 0 Å². The highest BCUT2D eigenvalue weighted by Crippen LogP contribution is 2.30. The van der Waals surface area contributed by atoms with Gasteiger partial charge < -0.3 is 20.3 Å². The molecule has 9 heteroatoms. The van der Waals surface area contributed by atoms with Gasteiger partial charge in [0.15, 0.2) is 0 Å². The number of methoxy groups -OCH3 is 1. The minimum Gasteiger partial charge on any atom is -0.385 e. The number of nitrogens with one attached hydrogen (secondary N) is 2. The summed E-state index contributed by atoms with van der Waals surface area (Å²) in [7, 11) is 1.60. The molecule has 1 saturated heterocycles. The lowest BCUT2D eigenvalue weighted by atomic mass is 10.1. The summed E-state index contributed by atoms with van der Waals surface area (Å²) in [5, 5.41) is 5.56. The number of carbonyl (C=O) groups is 2. The summed E-state index contributed by atoms with van der Waals surface area (Å²) in [6.45, 7) is 2.68. The zero-order valence-corrected chi connectivity index (χ0v) is 18.5. The van der Waals surface area contributed by atoms with Gasteiger partial charge in [0, 0.05) is 50.3 Å². The van der Waals surface area contributed by atoms with Crippen LogP contribution in [0.15, 0.2) is 42.5 Å². The first-order valence-electron chi connectivity index (χ1n) is 10.9. The van der Waals surface area contributed by atoms with E-state index in [4.69, 9.17) is 4.74 Å². The third kappa shape index (κ3) is 6.71. The molecule has 3 rings (SSSR count). The maximum atomic E-state index is 12.9. The molecule has 0 radical (unpaired) electrons. The Hall–Kier alpha value is -3.07. The van der Waals surface area contributed by atoms with Crippen molar-refractivity contribution in [3.05, 3.63) is 59.2 Å². The minimum absolute atomic E-state index is 0.0914. The summed E-state index contributed by atoms with van der Waals surface area (Å²) in [5.41, 5.74) is 0.903. The van der Waals surface area contributed by atoms with E-state index in [9.17, 15) is 22.8 Å². The average molecular weight is 464 g/mol. The molecule has 2 amide bonds. The molecule has 1 heterocycles. The number of piperidine rings is 1.